The van der Waals surface area contributed by atoms with E-state index in [4.69, 9.17) is 14.0 Å². The largest absolute Gasteiger partial charge is 0.640 e. The van der Waals surface area contributed by atoms with Gasteiger partial charge in [-0.15, -0.1) is 0 Å². The third-order valence-electron chi connectivity index (χ3n) is 1.35. The molecule has 0 radical (unpaired) electrons. The van der Waals surface area contributed by atoms with Crippen LogP contribution in [0.2, 0.25) is 0 Å². The molecule has 0 spiro atoms. The molecule has 0 amide bonds. The summed E-state index contributed by atoms with van der Waals surface area (Å²) < 4.78 is 17.2. The van der Waals surface area contributed by atoms with Crippen LogP contribution in [0.25, 0.3) is 0 Å². The summed E-state index contributed by atoms with van der Waals surface area (Å²) in [4.78, 5) is 0. The lowest BCUT2D eigenvalue weighted by molar-refractivity contribution is -0.0503. The van der Waals surface area contributed by atoms with Crippen molar-refractivity contribution in [3.05, 3.63) is 0 Å². The quantitative estimate of drug-likeness (QED) is 0.716. The van der Waals surface area contributed by atoms with Gasteiger partial charge in [-0.2, -0.15) is 0 Å². The van der Waals surface area contributed by atoms with E-state index >= 15 is 0 Å². The highest BCUT2D eigenvalue weighted by Gasteiger charge is 2.35. The first-order valence-corrected chi connectivity index (χ1v) is 5.82. The maximum absolute atomic E-state index is 5.75. The van der Waals surface area contributed by atoms with E-state index in [9.17, 15) is 0 Å². The van der Waals surface area contributed by atoms with E-state index in [2.05, 4.69) is 0 Å². The first-order chi connectivity index (χ1) is 6.79. The van der Waals surface area contributed by atoms with Crippen LogP contribution in [-0.2, 0) is 14.0 Å². The zero-order valence-corrected chi connectivity index (χ0v) is 12.7. The standard InChI is InChI=1S/C12H27BO3.FH/c1-10(2,3)14-13(15-11(4,5)6)16-12(7,8)9;/h1-9H3;1H. The van der Waals surface area contributed by atoms with Crippen molar-refractivity contribution in [2.45, 2.75) is 79.1 Å². The second kappa shape index (κ2) is 6.16. The maximum atomic E-state index is 5.75. The van der Waals surface area contributed by atoms with Crippen LogP contribution in [-0.4, -0.2) is 24.1 Å². The minimum atomic E-state index is -0.639. The maximum Gasteiger partial charge on any atom is 0.640 e. The fraction of sp³-hybridized carbons (Fsp3) is 1.00. The average molecular weight is 250 g/mol. The second-order valence-electron chi connectivity index (χ2n) is 6.98. The zero-order valence-electron chi connectivity index (χ0n) is 12.7. The summed E-state index contributed by atoms with van der Waals surface area (Å²) in [5.41, 5.74) is -0.872. The van der Waals surface area contributed by atoms with Gasteiger partial charge in [-0.3, -0.25) is 4.70 Å². The SMILES string of the molecule is CC(C)(C)OB(OC(C)(C)C)OC(C)(C)C.F. The molecule has 0 atom stereocenters. The molecule has 5 heteroatoms. The van der Waals surface area contributed by atoms with Crippen molar-refractivity contribution in [3.63, 3.8) is 0 Å². The molecule has 0 fully saturated rings. The second-order valence-corrected chi connectivity index (χ2v) is 6.98. The van der Waals surface area contributed by atoms with Crippen LogP contribution in [0.5, 0.6) is 0 Å². The molecule has 0 unspecified atom stereocenters. The molecule has 0 aliphatic heterocycles. The monoisotopic (exact) mass is 250 g/mol. The number of hydrogen-bond donors (Lipinski definition) is 0. The van der Waals surface area contributed by atoms with Gasteiger partial charge < -0.3 is 14.0 Å². The van der Waals surface area contributed by atoms with Crippen LogP contribution in [0.1, 0.15) is 62.3 Å². The van der Waals surface area contributed by atoms with Crippen LogP contribution in [0.15, 0.2) is 0 Å². The molecule has 0 aliphatic rings. The highest BCUT2D eigenvalue weighted by molar-refractivity contribution is 6.36. The zero-order chi connectivity index (χ0) is 13.2. The lowest BCUT2D eigenvalue weighted by Gasteiger charge is -2.33. The molecule has 3 nitrogen and oxygen atoms in total. The summed E-state index contributed by atoms with van der Waals surface area (Å²) in [7, 11) is -0.639. The minimum Gasteiger partial charge on any atom is -0.381 e. The topological polar surface area (TPSA) is 27.7 Å². The third kappa shape index (κ3) is 13.8. The Labute approximate surface area is 106 Å². The van der Waals surface area contributed by atoms with Gasteiger partial charge in [0.1, 0.15) is 0 Å². The molecule has 0 rings (SSSR count). The van der Waals surface area contributed by atoms with E-state index in [-0.39, 0.29) is 21.5 Å². The Morgan fingerprint density at radius 1 is 0.529 bits per heavy atom. The Hall–Kier alpha value is -0.125. The predicted octanol–water partition coefficient (Wildman–Crippen LogP) is 3.57. The van der Waals surface area contributed by atoms with Crippen molar-refractivity contribution < 1.29 is 18.7 Å². The lowest BCUT2D eigenvalue weighted by atomic mass is 10.0. The summed E-state index contributed by atoms with van der Waals surface area (Å²) in [6, 6.07) is 0. The van der Waals surface area contributed by atoms with Crippen molar-refractivity contribution in [1.82, 2.24) is 0 Å². The van der Waals surface area contributed by atoms with Crippen LogP contribution < -0.4 is 0 Å². The number of halogens is 1. The van der Waals surface area contributed by atoms with Gasteiger partial charge in [-0.05, 0) is 62.3 Å². The summed E-state index contributed by atoms with van der Waals surface area (Å²) in [5.74, 6) is 0. The molecule has 0 aromatic rings. The summed E-state index contributed by atoms with van der Waals surface area (Å²) >= 11 is 0. The number of rotatable bonds is 3. The molecule has 0 aromatic heterocycles. The first-order valence-electron chi connectivity index (χ1n) is 5.82. The fourth-order valence-corrected chi connectivity index (χ4v) is 0.938. The first kappa shape index (κ1) is 19.2. The van der Waals surface area contributed by atoms with Crippen molar-refractivity contribution in [1.29, 1.82) is 0 Å². The molecule has 0 saturated carbocycles. The van der Waals surface area contributed by atoms with Gasteiger partial charge in [-0.25, -0.2) is 0 Å². The fourth-order valence-electron chi connectivity index (χ4n) is 0.938. The molecular formula is C12H28BFO3. The smallest absolute Gasteiger partial charge is 0.381 e. The highest BCUT2D eigenvalue weighted by Crippen LogP contribution is 2.20. The van der Waals surface area contributed by atoms with Gasteiger partial charge in [0.05, 0.1) is 0 Å². The van der Waals surface area contributed by atoms with E-state index in [1.807, 2.05) is 62.3 Å². The van der Waals surface area contributed by atoms with E-state index in [0.717, 1.165) is 0 Å². The van der Waals surface area contributed by atoms with Gasteiger partial charge in [0, 0.05) is 16.8 Å². The Balaban J connectivity index is 0. The molecule has 0 bridgehead atoms. The van der Waals surface area contributed by atoms with Crippen LogP contribution in [0.4, 0.5) is 4.70 Å². The average Bonchev–Trinajstić information content (AvgIpc) is 1.70. The molecule has 0 heterocycles. The Bertz CT molecular complexity index is 175. The highest BCUT2D eigenvalue weighted by atomic mass is 19.0. The normalized spacial score (nSPS) is 13.2. The van der Waals surface area contributed by atoms with Gasteiger partial charge in [0.25, 0.3) is 0 Å². The lowest BCUT2D eigenvalue weighted by Crippen LogP contribution is -2.44. The van der Waals surface area contributed by atoms with Gasteiger partial charge in [0.15, 0.2) is 0 Å². The Morgan fingerprint density at radius 2 is 0.706 bits per heavy atom. The molecule has 17 heavy (non-hydrogen) atoms. The van der Waals surface area contributed by atoms with Crippen molar-refractivity contribution in [3.8, 4) is 0 Å². The summed E-state index contributed by atoms with van der Waals surface area (Å²) in [6.45, 7) is 17.9. The van der Waals surface area contributed by atoms with Crippen LogP contribution in [0, 0.1) is 0 Å². The molecule has 0 aromatic carbocycles. The van der Waals surface area contributed by atoms with E-state index in [1.165, 1.54) is 0 Å². The van der Waals surface area contributed by atoms with E-state index < -0.39 is 7.32 Å². The van der Waals surface area contributed by atoms with E-state index in [0.29, 0.717) is 0 Å². The number of hydrogen-bond acceptors (Lipinski definition) is 3. The summed E-state index contributed by atoms with van der Waals surface area (Å²) in [6.07, 6.45) is 0. The van der Waals surface area contributed by atoms with Gasteiger partial charge in [-0.1, -0.05) is 0 Å². The van der Waals surface area contributed by atoms with Crippen LogP contribution >= 0.6 is 0 Å². The Morgan fingerprint density at radius 3 is 0.824 bits per heavy atom. The minimum absolute atomic E-state index is 0. The van der Waals surface area contributed by atoms with Crippen LogP contribution in [0.3, 0.4) is 0 Å². The predicted molar refractivity (Wildman–Crippen MR) is 70.8 cm³/mol. The molecule has 0 N–H and O–H groups in total. The van der Waals surface area contributed by atoms with E-state index in [1.54, 1.807) is 0 Å². The van der Waals surface area contributed by atoms with Crippen molar-refractivity contribution in [2.75, 3.05) is 0 Å². The Kier molecular flexibility index (Phi) is 6.97. The van der Waals surface area contributed by atoms with Crippen molar-refractivity contribution in [2.24, 2.45) is 0 Å². The van der Waals surface area contributed by atoms with Gasteiger partial charge in [0.2, 0.25) is 0 Å². The molecule has 104 valence electrons. The van der Waals surface area contributed by atoms with Gasteiger partial charge >= 0.3 is 7.32 Å². The molecule has 0 aliphatic carbocycles. The third-order valence-corrected chi connectivity index (χ3v) is 1.35. The summed E-state index contributed by atoms with van der Waals surface area (Å²) in [5, 5.41) is 0. The molecular weight excluding hydrogens is 222 g/mol. The van der Waals surface area contributed by atoms with Crippen molar-refractivity contribution >= 4 is 7.32 Å². The molecule has 0 saturated heterocycles.